The molecule has 13 heavy (non-hydrogen) atoms. The second-order valence-corrected chi connectivity index (χ2v) is 5.07. The average molecular weight is 193 g/mol. The zero-order valence-electron chi connectivity index (χ0n) is 9.85. The summed E-state index contributed by atoms with van der Waals surface area (Å²) in [5.41, 5.74) is -0.0995. The molecule has 0 bridgehead atoms. The fraction of sp³-hybridized carbons (Fsp3) is 1.00. The molecule has 1 heterocycles. The van der Waals surface area contributed by atoms with Gasteiger partial charge < -0.3 is 10.3 Å². The number of rotatable bonds is 0. The van der Waals surface area contributed by atoms with Gasteiger partial charge in [-0.15, -0.1) is 0 Å². The van der Waals surface area contributed by atoms with Crippen molar-refractivity contribution in [3.05, 3.63) is 5.21 Å². The van der Waals surface area contributed by atoms with Crippen LogP contribution in [0.2, 0.25) is 0 Å². The van der Waals surface area contributed by atoms with Crippen LogP contribution in [0.3, 0.4) is 0 Å². The second kappa shape index (κ2) is 4.19. The first-order valence-corrected chi connectivity index (χ1v) is 4.75. The van der Waals surface area contributed by atoms with Gasteiger partial charge in [0.15, 0.2) is 0 Å². The minimum atomic E-state index is -0.218. The SMILES string of the molecule is CC1CCN([O-])C(C)(C)C1(C)C.[Na+]. The molecule has 1 aliphatic rings. The average Bonchev–Trinajstić information content (AvgIpc) is 1.96. The summed E-state index contributed by atoms with van der Waals surface area (Å²) in [5.74, 6) is 0.637. The maximum absolute atomic E-state index is 11.6. The van der Waals surface area contributed by atoms with Gasteiger partial charge in [-0.2, -0.15) is 0 Å². The summed E-state index contributed by atoms with van der Waals surface area (Å²) in [6.45, 7) is 11.4. The summed E-state index contributed by atoms with van der Waals surface area (Å²) in [4.78, 5) is 0. The molecule has 0 amide bonds. The first kappa shape index (κ1) is 13.9. The Labute approximate surface area is 104 Å². The molecule has 0 aromatic heterocycles. The van der Waals surface area contributed by atoms with Crippen molar-refractivity contribution in [2.75, 3.05) is 6.54 Å². The predicted octanol–water partition coefficient (Wildman–Crippen LogP) is -0.365. The Morgan fingerprint density at radius 2 is 1.69 bits per heavy atom. The Bertz CT molecular complexity index is 160. The van der Waals surface area contributed by atoms with Crippen LogP contribution >= 0.6 is 0 Å². The second-order valence-electron chi connectivity index (χ2n) is 5.07. The van der Waals surface area contributed by atoms with E-state index in [0.29, 0.717) is 12.5 Å². The van der Waals surface area contributed by atoms with E-state index in [1.54, 1.807) is 0 Å². The van der Waals surface area contributed by atoms with Crippen molar-refractivity contribution >= 4 is 0 Å². The molecular weight excluding hydrogens is 173 g/mol. The predicted molar refractivity (Wildman–Crippen MR) is 51.7 cm³/mol. The van der Waals surface area contributed by atoms with E-state index in [9.17, 15) is 5.21 Å². The Morgan fingerprint density at radius 1 is 1.23 bits per heavy atom. The molecule has 1 saturated heterocycles. The Balaban J connectivity index is 0.00000144. The summed E-state index contributed by atoms with van der Waals surface area (Å²) in [5, 5.41) is 12.8. The van der Waals surface area contributed by atoms with Crippen molar-refractivity contribution in [2.24, 2.45) is 11.3 Å². The largest absolute Gasteiger partial charge is 1.00 e. The van der Waals surface area contributed by atoms with E-state index in [4.69, 9.17) is 0 Å². The molecule has 1 aliphatic heterocycles. The maximum atomic E-state index is 11.6. The van der Waals surface area contributed by atoms with E-state index in [0.717, 1.165) is 6.42 Å². The van der Waals surface area contributed by atoms with Gasteiger partial charge in [0.25, 0.3) is 0 Å². The fourth-order valence-corrected chi connectivity index (χ4v) is 1.88. The quantitative estimate of drug-likeness (QED) is 0.491. The standard InChI is InChI=1S/C10H20NO.Na/c1-8-6-7-11(12)10(4,5)9(8,2)3;/h8H,6-7H2,1-5H3;/q-1;+1. The maximum Gasteiger partial charge on any atom is 1.00 e. The van der Waals surface area contributed by atoms with Gasteiger partial charge in [-0.25, -0.2) is 0 Å². The first-order valence-electron chi connectivity index (χ1n) is 4.75. The summed E-state index contributed by atoms with van der Waals surface area (Å²) in [6, 6.07) is 0. The van der Waals surface area contributed by atoms with Gasteiger partial charge in [-0.05, 0) is 38.1 Å². The molecule has 1 atom stereocenters. The summed E-state index contributed by atoms with van der Waals surface area (Å²) < 4.78 is 0. The van der Waals surface area contributed by atoms with Crippen LogP contribution < -0.4 is 29.6 Å². The van der Waals surface area contributed by atoms with E-state index in [1.807, 2.05) is 0 Å². The number of nitrogens with zero attached hydrogens (tertiary/aromatic N) is 1. The number of hydrogen-bond donors (Lipinski definition) is 0. The molecule has 1 unspecified atom stereocenters. The van der Waals surface area contributed by atoms with Crippen LogP contribution in [-0.2, 0) is 0 Å². The molecule has 72 valence electrons. The smallest absolute Gasteiger partial charge is 0.785 e. The van der Waals surface area contributed by atoms with Crippen LogP contribution in [0, 0.1) is 16.5 Å². The van der Waals surface area contributed by atoms with Crippen molar-refractivity contribution in [1.29, 1.82) is 0 Å². The van der Waals surface area contributed by atoms with E-state index in [1.165, 1.54) is 5.06 Å². The molecule has 0 saturated carbocycles. The van der Waals surface area contributed by atoms with Crippen molar-refractivity contribution in [3.63, 3.8) is 0 Å². The van der Waals surface area contributed by atoms with Crippen molar-refractivity contribution < 1.29 is 29.6 Å². The van der Waals surface area contributed by atoms with E-state index >= 15 is 0 Å². The minimum Gasteiger partial charge on any atom is -0.785 e. The summed E-state index contributed by atoms with van der Waals surface area (Å²) >= 11 is 0. The zero-order valence-corrected chi connectivity index (χ0v) is 11.8. The van der Waals surface area contributed by atoms with Crippen LogP contribution in [-0.4, -0.2) is 17.1 Å². The van der Waals surface area contributed by atoms with Gasteiger partial charge >= 0.3 is 29.6 Å². The van der Waals surface area contributed by atoms with Crippen LogP contribution in [0.15, 0.2) is 0 Å². The van der Waals surface area contributed by atoms with Gasteiger partial charge in [0.05, 0.1) is 0 Å². The Kier molecular flexibility index (Phi) is 4.49. The number of hydroxylamine groups is 2. The minimum absolute atomic E-state index is 0. The molecule has 0 spiro atoms. The molecule has 1 rings (SSSR count). The molecule has 0 aromatic carbocycles. The van der Waals surface area contributed by atoms with E-state index < -0.39 is 0 Å². The van der Waals surface area contributed by atoms with E-state index in [2.05, 4.69) is 34.6 Å². The molecule has 0 radical (unpaired) electrons. The van der Waals surface area contributed by atoms with Crippen molar-refractivity contribution in [1.82, 2.24) is 5.06 Å². The van der Waals surface area contributed by atoms with Crippen LogP contribution in [0.5, 0.6) is 0 Å². The fourth-order valence-electron chi connectivity index (χ4n) is 1.88. The van der Waals surface area contributed by atoms with Crippen LogP contribution in [0.25, 0.3) is 0 Å². The number of hydrogen-bond acceptors (Lipinski definition) is 2. The Hall–Kier alpha value is 0.920. The molecule has 3 heteroatoms. The molecule has 0 N–H and O–H groups in total. The molecule has 2 nitrogen and oxygen atoms in total. The van der Waals surface area contributed by atoms with Gasteiger partial charge in [0, 0.05) is 5.54 Å². The third-order valence-electron chi connectivity index (χ3n) is 4.20. The van der Waals surface area contributed by atoms with Gasteiger partial charge in [0.2, 0.25) is 0 Å². The summed E-state index contributed by atoms with van der Waals surface area (Å²) in [7, 11) is 0. The third kappa shape index (κ3) is 2.13. The van der Waals surface area contributed by atoms with Crippen molar-refractivity contribution in [2.45, 2.75) is 46.6 Å². The van der Waals surface area contributed by atoms with Gasteiger partial charge in [-0.1, -0.05) is 20.8 Å². The Morgan fingerprint density at radius 3 is 2.08 bits per heavy atom. The van der Waals surface area contributed by atoms with Crippen LogP contribution in [0.1, 0.15) is 41.0 Å². The monoisotopic (exact) mass is 193 g/mol. The summed E-state index contributed by atoms with van der Waals surface area (Å²) in [6.07, 6.45) is 1.03. The molecule has 0 aromatic rings. The third-order valence-corrected chi connectivity index (χ3v) is 4.20. The van der Waals surface area contributed by atoms with Gasteiger partial charge in [0.1, 0.15) is 0 Å². The topological polar surface area (TPSA) is 26.3 Å². The first-order chi connectivity index (χ1) is 5.30. The molecular formula is C10H20NNaO. The van der Waals surface area contributed by atoms with Gasteiger partial charge in [-0.3, -0.25) is 0 Å². The zero-order chi connectivity index (χ0) is 9.57. The normalized spacial score (nSPS) is 32.3. The van der Waals surface area contributed by atoms with Crippen molar-refractivity contribution in [3.8, 4) is 0 Å². The molecule has 1 fully saturated rings. The molecule has 0 aliphatic carbocycles. The van der Waals surface area contributed by atoms with E-state index in [-0.39, 0.29) is 40.5 Å². The van der Waals surface area contributed by atoms with Crippen LogP contribution in [0.4, 0.5) is 0 Å². The number of piperidine rings is 1.